The van der Waals surface area contributed by atoms with Crippen LogP contribution in [-0.2, 0) is 4.79 Å². The molecule has 4 nitrogen and oxygen atoms in total. The van der Waals surface area contributed by atoms with Crippen LogP contribution in [-0.4, -0.2) is 18.3 Å². The average molecular weight is 337 g/mol. The summed E-state index contributed by atoms with van der Waals surface area (Å²) in [5, 5.41) is 2.83. The highest BCUT2D eigenvalue weighted by Gasteiger charge is 2.31. The topological polar surface area (TPSA) is 55.4 Å². The first kappa shape index (κ1) is 17.2. The van der Waals surface area contributed by atoms with Crippen molar-refractivity contribution in [2.45, 2.75) is 40.0 Å². The van der Waals surface area contributed by atoms with Crippen LogP contribution in [0.25, 0.3) is 0 Å². The van der Waals surface area contributed by atoms with Crippen LogP contribution >= 0.6 is 0 Å². The molecule has 0 radical (unpaired) electrons. The van der Waals surface area contributed by atoms with Crippen molar-refractivity contribution in [3.63, 3.8) is 0 Å². The molecular formula is C21H23NO3. The number of carbonyl (C=O) groups is 2. The number of carbonyl (C=O) groups excluding carboxylic acids is 2. The second-order valence-corrected chi connectivity index (χ2v) is 6.83. The molecule has 0 heterocycles. The molecule has 0 fully saturated rings. The maximum Gasteiger partial charge on any atom is 0.262 e. The molecule has 130 valence electrons. The van der Waals surface area contributed by atoms with Crippen molar-refractivity contribution in [2.24, 2.45) is 0 Å². The molecule has 0 aliphatic heterocycles. The number of fused-ring (bicyclic) bond motifs is 1. The van der Waals surface area contributed by atoms with E-state index in [1.54, 1.807) is 6.07 Å². The molecule has 1 aliphatic carbocycles. The SMILES string of the molecule is Cc1ccc(NC(=O)COc2ccc(C)c3c2C(=O)C[C@H]3C)cc1C. The van der Waals surface area contributed by atoms with Gasteiger partial charge >= 0.3 is 0 Å². The van der Waals surface area contributed by atoms with Gasteiger partial charge in [0.2, 0.25) is 0 Å². The number of Topliss-reactive ketones (excluding diaryl/α,β-unsaturated/α-hetero) is 1. The fourth-order valence-corrected chi connectivity index (χ4v) is 3.39. The molecule has 0 spiro atoms. The average Bonchev–Trinajstić information content (AvgIpc) is 2.86. The van der Waals surface area contributed by atoms with E-state index in [0.717, 1.165) is 22.4 Å². The van der Waals surface area contributed by atoms with Crippen LogP contribution in [0, 0.1) is 20.8 Å². The fourth-order valence-electron chi connectivity index (χ4n) is 3.39. The van der Waals surface area contributed by atoms with Gasteiger partial charge < -0.3 is 10.1 Å². The lowest BCUT2D eigenvalue weighted by molar-refractivity contribution is -0.118. The highest BCUT2D eigenvalue weighted by atomic mass is 16.5. The molecule has 1 amide bonds. The van der Waals surface area contributed by atoms with Gasteiger partial charge in [-0.3, -0.25) is 9.59 Å². The van der Waals surface area contributed by atoms with E-state index in [-0.39, 0.29) is 24.2 Å². The Hall–Kier alpha value is -2.62. The zero-order chi connectivity index (χ0) is 18.1. The summed E-state index contributed by atoms with van der Waals surface area (Å²) >= 11 is 0. The Balaban J connectivity index is 1.71. The van der Waals surface area contributed by atoms with Gasteiger partial charge in [0.25, 0.3) is 5.91 Å². The van der Waals surface area contributed by atoms with Crippen LogP contribution in [0.5, 0.6) is 5.75 Å². The Morgan fingerprint density at radius 2 is 1.84 bits per heavy atom. The molecular weight excluding hydrogens is 314 g/mol. The molecule has 0 bridgehead atoms. The second-order valence-electron chi connectivity index (χ2n) is 6.83. The lowest BCUT2D eigenvalue weighted by Crippen LogP contribution is -2.21. The largest absolute Gasteiger partial charge is 0.483 e. The minimum atomic E-state index is -0.240. The first-order valence-electron chi connectivity index (χ1n) is 8.53. The Morgan fingerprint density at radius 1 is 1.12 bits per heavy atom. The second kappa shape index (κ2) is 6.71. The smallest absolute Gasteiger partial charge is 0.262 e. The van der Waals surface area contributed by atoms with Crippen LogP contribution in [0.2, 0.25) is 0 Å². The van der Waals surface area contributed by atoms with E-state index in [2.05, 4.69) is 5.32 Å². The van der Waals surface area contributed by atoms with Crippen molar-refractivity contribution in [3.8, 4) is 5.75 Å². The predicted octanol–water partition coefficient (Wildman–Crippen LogP) is 4.32. The van der Waals surface area contributed by atoms with Crippen molar-refractivity contribution in [3.05, 3.63) is 58.1 Å². The van der Waals surface area contributed by atoms with E-state index in [9.17, 15) is 9.59 Å². The number of benzene rings is 2. The van der Waals surface area contributed by atoms with Gasteiger partial charge in [-0.25, -0.2) is 0 Å². The van der Waals surface area contributed by atoms with Crippen LogP contribution in [0.3, 0.4) is 0 Å². The van der Waals surface area contributed by atoms with Crippen LogP contribution < -0.4 is 10.1 Å². The normalized spacial score (nSPS) is 15.8. The minimum absolute atomic E-state index is 0.0933. The van der Waals surface area contributed by atoms with E-state index in [0.29, 0.717) is 17.7 Å². The number of anilines is 1. The third-order valence-electron chi connectivity index (χ3n) is 4.84. The maximum absolute atomic E-state index is 12.3. The molecule has 0 aromatic heterocycles. The minimum Gasteiger partial charge on any atom is -0.483 e. The third kappa shape index (κ3) is 3.43. The van der Waals surface area contributed by atoms with Crippen molar-refractivity contribution in [1.29, 1.82) is 0 Å². The molecule has 3 rings (SSSR count). The van der Waals surface area contributed by atoms with Gasteiger partial charge in [0.05, 0.1) is 5.56 Å². The number of hydrogen-bond acceptors (Lipinski definition) is 3. The Morgan fingerprint density at radius 3 is 2.56 bits per heavy atom. The quantitative estimate of drug-likeness (QED) is 0.904. The lowest BCUT2D eigenvalue weighted by Gasteiger charge is -2.13. The summed E-state index contributed by atoms with van der Waals surface area (Å²) in [7, 11) is 0. The van der Waals surface area contributed by atoms with E-state index >= 15 is 0 Å². The molecule has 1 atom stereocenters. The molecule has 0 saturated carbocycles. The van der Waals surface area contributed by atoms with Crippen molar-refractivity contribution in [1.82, 2.24) is 0 Å². The summed E-state index contributed by atoms with van der Waals surface area (Å²) in [5.41, 5.74) is 5.84. The zero-order valence-corrected chi connectivity index (χ0v) is 15.1. The van der Waals surface area contributed by atoms with Gasteiger partial charge in [-0.1, -0.05) is 19.1 Å². The summed E-state index contributed by atoms with van der Waals surface area (Å²) in [6, 6.07) is 9.51. The number of rotatable bonds is 4. The van der Waals surface area contributed by atoms with E-state index in [1.807, 2.05) is 52.0 Å². The van der Waals surface area contributed by atoms with Gasteiger partial charge in [0.1, 0.15) is 5.75 Å². The zero-order valence-electron chi connectivity index (χ0n) is 15.1. The highest BCUT2D eigenvalue weighted by molar-refractivity contribution is 6.04. The molecule has 1 N–H and O–H groups in total. The Labute approximate surface area is 148 Å². The van der Waals surface area contributed by atoms with Gasteiger partial charge in [-0.05, 0) is 67.1 Å². The molecule has 2 aromatic rings. The summed E-state index contributed by atoms with van der Waals surface area (Å²) in [4.78, 5) is 24.4. The maximum atomic E-state index is 12.3. The molecule has 25 heavy (non-hydrogen) atoms. The van der Waals surface area contributed by atoms with Crippen molar-refractivity contribution < 1.29 is 14.3 Å². The van der Waals surface area contributed by atoms with Crippen molar-refractivity contribution >= 4 is 17.4 Å². The summed E-state index contributed by atoms with van der Waals surface area (Å²) in [6.45, 7) is 7.96. The van der Waals surface area contributed by atoms with E-state index in [1.165, 1.54) is 5.56 Å². The molecule has 1 aliphatic rings. The number of nitrogens with one attached hydrogen (secondary N) is 1. The van der Waals surface area contributed by atoms with Gasteiger partial charge in [-0.15, -0.1) is 0 Å². The van der Waals surface area contributed by atoms with Crippen molar-refractivity contribution in [2.75, 3.05) is 11.9 Å². The van der Waals surface area contributed by atoms with Gasteiger partial charge in [0, 0.05) is 12.1 Å². The molecule has 0 saturated heterocycles. The van der Waals surface area contributed by atoms with Crippen LogP contribution in [0.1, 0.15) is 51.9 Å². The van der Waals surface area contributed by atoms with Crippen LogP contribution in [0.4, 0.5) is 5.69 Å². The van der Waals surface area contributed by atoms with E-state index < -0.39 is 0 Å². The monoisotopic (exact) mass is 337 g/mol. The first-order valence-corrected chi connectivity index (χ1v) is 8.53. The molecule has 0 unspecified atom stereocenters. The summed E-state index contributed by atoms with van der Waals surface area (Å²) in [5.74, 6) is 0.562. The fraction of sp³-hybridized carbons (Fsp3) is 0.333. The predicted molar refractivity (Wildman–Crippen MR) is 98.6 cm³/mol. The standard InChI is InChI=1S/C21H23NO3/c1-12-5-7-16(9-14(12)3)22-19(24)11-25-18-8-6-13(2)20-15(4)10-17(23)21(18)20/h5-9,15H,10-11H2,1-4H3,(H,22,24)/t15-/m1/s1. The first-order chi connectivity index (χ1) is 11.9. The number of ketones is 1. The number of hydrogen-bond donors (Lipinski definition) is 1. The van der Waals surface area contributed by atoms with E-state index in [4.69, 9.17) is 4.74 Å². The number of amides is 1. The molecule has 4 heteroatoms. The number of aryl methyl sites for hydroxylation is 3. The lowest BCUT2D eigenvalue weighted by atomic mass is 9.97. The third-order valence-corrected chi connectivity index (χ3v) is 4.84. The Bertz CT molecular complexity index is 854. The van der Waals surface area contributed by atoms with Gasteiger partial charge in [0.15, 0.2) is 12.4 Å². The number of ether oxygens (including phenoxy) is 1. The van der Waals surface area contributed by atoms with Crippen LogP contribution in [0.15, 0.2) is 30.3 Å². The summed E-state index contributed by atoms with van der Waals surface area (Å²) < 4.78 is 5.68. The molecule has 2 aromatic carbocycles. The summed E-state index contributed by atoms with van der Waals surface area (Å²) in [6.07, 6.45) is 0.505. The van der Waals surface area contributed by atoms with Gasteiger partial charge in [-0.2, -0.15) is 0 Å². The highest BCUT2D eigenvalue weighted by Crippen LogP contribution is 2.40. The Kier molecular flexibility index (Phi) is 4.62.